The van der Waals surface area contributed by atoms with Gasteiger partial charge in [0.05, 0.1) is 13.2 Å². The van der Waals surface area contributed by atoms with Gasteiger partial charge in [0.1, 0.15) is 11.4 Å². The first-order valence-electron chi connectivity index (χ1n) is 7.60. The van der Waals surface area contributed by atoms with Gasteiger partial charge in [-0.05, 0) is 46.2 Å². The standard InChI is InChI=1S/C17H23NO5/c1-6-22-13-9-7-8-12-11(13)10-18(15(20)21)17(12,5)14(19)23-16(2,3)4/h7-9H,6,10H2,1-5H3,(H,20,21). The molecular weight excluding hydrogens is 298 g/mol. The molecule has 1 aromatic carbocycles. The highest BCUT2D eigenvalue weighted by Gasteiger charge is 2.52. The van der Waals surface area contributed by atoms with E-state index >= 15 is 0 Å². The van der Waals surface area contributed by atoms with Gasteiger partial charge in [-0.25, -0.2) is 9.59 Å². The number of esters is 1. The van der Waals surface area contributed by atoms with Crippen molar-refractivity contribution < 1.29 is 24.2 Å². The monoisotopic (exact) mass is 321 g/mol. The Kier molecular flexibility index (Phi) is 4.28. The molecule has 2 rings (SSSR count). The molecule has 0 radical (unpaired) electrons. The topological polar surface area (TPSA) is 76.1 Å². The molecule has 1 aliphatic rings. The lowest BCUT2D eigenvalue weighted by atomic mass is 9.91. The lowest BCUT2D eigenvalue weighted by Gasteiger charge is -2.34. The highest BCUT2D eigenvalue weighted by Crippen LogP contribution is 2.44. The van der Waals surface area contributed by atoms with Crippen LogP contribution in [-0.2, 0) is 21.6 Å². The summed E-state index contributed by atoms with van der Waals surface area (Å²) in [5, 5.41) is 9.57. The van der Waals surface area contributed by atoms with Crippen LogP contribution >= 0.6 is 0 Å². The van der Waals surface area contributed by atoms with Gasteiger partial charge in [0.25, 0.3) is 0 Å². The largest absolute Gasteiger partial charge is 0.494 e. The molecule has 0 saturated heterocycles. The summed E-state index contributed by atoms with van der Waals surface area (Å²) in [4.78, 5) is 25.6. The van der Waals surface area contributed by atoms with E-state index in [1.165, 1.54) is 0 Å². The zero-order valence-electron chi connectivity index (χ0n) is 14.2. The number of benzene rings is 1. The zero-order valence-corrected chi connectivity index (χ0v) is 14.2. The summed E-state index contributed by atoms with van der Waals surface area (Å²) in [6, 6.07) is 5.30. The molecule has 0 saturated carbocycles. The van der Waals surface area contributed by atoms with Crippen molar-refractivity contribution in [2.75, 3.05) is 6.61 Å². The van der Waals surface area contributed by atoms with Crippen molar-refractivity contribution in [3.63, 3.8) is 0 Å². The molecule has 6 heteroatoms. The number of fused-ring (bicyclic) bond motifs is 1. The fourth-order valence-corrected chi connectivity index (χ4v) is 2.79. The van der Waals surface area contributed by atoms with Crippen LogP contribution in [0.5, 0.6) is 5.75 Å². The number of carbonyl (C=O) groups excluding carboxylic acids is 1. The number of rotatable bonds is 3. The van der Waals surface area contributed by atoms with Crippen molar-refractivity contribution >= 4 is 12.1 Å². The maximum Gasteiger partial charge on any atom is 0.408 e. The minimum atomic E-state index is -1.39. The smallest absolute Gasteiger partial charge is 0.408 e. The highest BCUT2D eigenvalue weighted by atomic mass is 16.6. The van der Waals surface area contributed by atoms with Crippen molar-refractivity contribution in [1.29, 1.82) is 0 Å². The van der Waals surface area contributed by atoms with Crippen LogP contribution in [0.3, 0.4) is 0 Å². The van der Waals surface area contributed by atoms with Crippen LogP contribution in [0.1, 0.15) is 45.7 Å². The van der Waals surface area contributed by atoms with Crippen LogP contribution in [0.2, 0.25) is 0 Å². The van der Waals surface area contributed by atoms with Crippen molar-refractivity contribution in [1.82, 2.24) is 4.90 Å². The molecule has 126 valence electrons. The van der Waals surface area contributed by atoms with Gasteiger partial charge in [-0.15, -0.1) is 0 Å². The number of hydrogen-bond acceptors (Lipinski definition) is 4. The Morgan fingerprint density at radius 1 is 1.35 bits per heavy atom. The molecule has 0 aliphatic carbocycles. The molecule has 1 unspecified atom stereocenters. The van der Waals surface area contributed by atoms with Crippen LogP contribution in [0, 0.1) is 0 Å². The molecule has 23 heavy (non-hydrogen) atoms. The first kappa shape index (κ1) is 17.1. The first-order chi connectivity index (χ1) is 10.6. The van der Waals surface area contributed by atoms with Gasteiger partial charge in [0.2, 0.25) is 0 Å². The van der Waals surface area contributed by atoms with E-state index in [1.807, 2.05) is 6.92 Å². The van der Waals surface area contributed by atoms with Gasteiger partial charge in [0, 0.05) is 5.56 Å². The summed E-state index contributed by atoms with van der Waals surface area (Å²) in [7, 11) is 0. The second-order valence-corrected chi connectivity index (χ2v) is 6.66. The number of amides is 1. The summed E-state index contributed by atoms with van der Waals surface area (Å²) in [5.74, 6) is 0.0170. The van der Waals surface area contributed by atoms with E-state index < -0.39 is 23.2 Å². The van der Waals surface area contributed by atoms with Crippen molar-refractivity contribution in [2.45, 2.75) is 52.3 Å². The van der Waals surface area contributed by atoms with Crippen LogP contribution in [-0.4, -0.2) is 34.3 Å². The SMILES string of the molecule is CCOc1cccc2c1CN(C(=O)O)C2(C)C(=O)OC(C)(C)C. The molecule has 0 fully saturated rings. The lowest BCUT2D eigenvalue weighted by Crippen LogP contribution is -2.50. The summed E-state index contributed by atoms with van der Waals surface area (Å²) in [5.41, 5.74) is -0.767. The first-order valence-corrected chi connectivity index (χ1v) is 7.60. The maximum absolute atomic E-state index is 12.8. The van der Waals surface area contributed by atoms with E-state index in [0.717, 1.165) is 4.90 Å². The van der Waals surface area contributed by atoms with Gasteiger partial charge in [-0.1, -0.05) is 12.1 Å². The Labute approximate surface area is 136 Å². The minimum absolute atomic E-state index is 0.0938. The molecule has 1 amide bonds. The number of nitrogens with zero attached hydrogens (tertiary/aromatic N) is 1. The quantitative estimate of drug-likeness (QED) is 0.866. The highest BCUT2D eigenvalue weighted by molar-refractivity contribution is 5.89. The maximum atomic E-state index is 12.8. The number of carbonyl (C=O) groups is 2. The van der Waals surface area contributed by atoms with Crippen molar-refractivity contribution in [3.05, 3.63) is 29.3 Å². The number of ether oxygens (including phenoxy) is 2. The fourth-order valence-electron chi connectivity index (χ4n) is 2.79. The van der Waals surface area contributed by atoms with Gasteiger partial charge >= 0.3 is 12.1 Å². The summed E-state index contributed by atoms with van der Waals surface area (Å²) < 4.78 is 11.1. The molecule has 6 nitrogen and oxygen atoms in total. The van der Waals surface area contributed by atoms with Gasteiger partial charge in [0.15, 0.2) is 5.54 Å². The van der Waals surface area contributed by atoms with Crippen molar-refractivity contribution in [2.24, 2.45) is 0 Å². The predicted octanol–water partition coefficient (Wildman–Crippen LogP) is 3.14. The number of carboxylic acid groups (broad SMARTS) is 1. The predicted molar refractivity (Wildman–Crippen MR) is 84.4 cm³/mol. The lowest BCUT2D eigenvalue weighted by molar-refractivity contribution is -0.168. The van der Waals surface area contributed by atoms with Gasteiger partial charge < -0.3 is 14.6 Å². The van der Waals surface area contributed by atoms with E-state index in [4.69, 9.17) is 9.47 Å². The molecule has 1 aromatic rings. The van der Waals surface area contributed by atoms with E-state index in [2.05, 4.69) is 0 Å². The summed E-state index contributed by atoms with van der Waals surface area (Å²) in [6.07, 6.45) is -1.17. The molecule has 0 aromatic heterocycles. The molecule has 1 atom stereocenters. The fraction of sp³-hybridized carbons (Fsp3) is 0.529. The Hall–Kier alpha value is -2.24. The second-order valence-electron chi connectivity index (χ2n) is 6.66. The average molecular weight is 321 g/mol. The Morgan fingerprint density at radius 2 is 2.00 bits per heavy atom. The van der Waals surface area contributed by atoms with E-state index in [1.54, 1.807) is 45.9 Å². The molecule has 1 aliphatic heterocycles. The molecule has 1 heterocycles. The van der Waals surface area contributed by atoms with E-state index in [-0.39, 0.29) is 6.54 Å². The normalized spacial score (nSPS) is 20.1. The molecular formula is C17H23NO5. The molecule has 0 spiro atoms. The summed E-state index contributed by atoms with van der Waals surface area (Å²) >= 11 is 0. The van der Waals surface area contributed by atoms with Crippen LogP contribution in [0.25, 0.3) is 0 Å². The summed E-state index contributed by atoms with van der Waals surface area (Å²) in [6.45, 7) is 9.26. The third kappa shape index (κ3) is 2.98. The van der Waals surface area contributed by atoms with Gasteiger partial charge in [-0.2, -0.15) is 0 Å². The Balaban J connectivity index is 2.55. The minimum Gasteiger partial charge on any atom is -0.494 e. The third-order valence-electron chi connectivity index (χ3n) is 3.84. The Morgan fingerprint density at radius 3 is 2.52 bits per heavy atom. The van der Waals surface area contributed by atoms with E-state index in [0.29, 0.717) is 23.5 Å². The number of hydrogen-bond donors (Lipinski definition) is 1. The second kappa shape index (κ2) is 5.76. The van der Waals surface area contributed by atoms with Crippen molar-refractivity contribution in [3.8, 4) is 5.75 Å². The van der Waals surface area contributed by atoms with Crippen LogP contribution in [0.15, 0.2) is 18.2 Å². The Bertz CT molecular complexity index is 634. The average Bonchev–Trinajstić information content (AvgIpc) is 2.74. The molecule has 0 bridgehead atoms. The third-order valence-corrected chi connectivity index (χ3v) is 3.84. The van der Waals surface area contributed by atoms with Gasteiger partial charge in [-0.3, -0.25) is 4.90 Å². The van der Waals surface area contributed by atoms with Crippen LogP contribution < -0.4 is 4.74 Å². The zero-order chi connectivity index (χ0) is 17.4. The molecule has 1 N–H and O–H groups in total. The van der Waals surface area contributed by atoms with E-state index in [9.17, 15) is 14.7 Å². The van der Waals surface area contributed by atoms with Crippen LogP contribution in [0.4, 0.5) is 4.79 Å².